The molecule has 1 amide bonds. The van der Waals surface area contributed by atoms with Gasteiger partial charge in [0.2, 0.25) is 5.91 Å². The van der Waals surface area contributed by atoms with Crippen LogP contribution in [0.1, 0.15) is 0 Å². The first-order chi connectivity index (χ1) is 13.1. The van der Waals surface area contributed by atoms with E-state index in [0.717, 1.165) is 26.7 Å². The van der Waals surface area contributed by atoms with Crippen molar-refractivity contribution in [2.75, 3.05) is 11.1 Å². The maximum absolute atomic E-state index is 12.3. The minimum Gasteiger partial charge on any atom is -0.325 e. The molecule has 0 aliphatic rings. The SMILES string of the molecule is O=C(CSc1nc2ccccc2c2ccccc12)Nc1ccc(Cl)c(Cl)c1. The highest BCUT2D eigenvalue weighted by Crippen LogP contribution is 2.32. The summed E-state index contributed by atoms with van der Waals surface area (Å²) in [6, 6.07) is 21.2. The number of para-hydroxylation sites is 1. The number of hydrogen-bond acceptors (Lipinski definition) is 3. The van der Waals surface area contributed by atoms with Crippen LogP contribution in [0.3, 0.4) is 0 Å². The van der Waals surface area contributed by atoms with Crippen LogP contribution in [0.15, 0.2) is 71.8 Å². The van der Waals surface area contributed by atoms with Crippen LogP contribution in [0, 0.1) is 0 Å². The Bertz CT molecular complexity index is 1160. The number of carbonyl (C=O) groups is 1. The number of aromatic nitrogens is 1. The normalized spacial score (nSPS) is 11.0. The zero-order valence-electron chi connectivity index (χ0n) is 14.1. The van der Waals surface area contributed by atoms with Crippen LogP contribution in [0.4, 0.5) is 5.69 Å². The van der Waals surface area contributed by atoms with E-state index in [1.54, 1.807) is 18.2 Å². The molecule has 4 rings (SSSR count). The van der Waals surface area contributed by atoms with E-state index in [4.69, 9.17) is 28.2 Å². The topological polar surface area (TPSA) is 42.0 Å². The van der Waals surface area contributed by atoms with Crippen LogP contribution in [0.2, 0.25) is 10.0 Å². The van der Waals surface area contributed by atoms with Crippen LogP contribution >= 0.6 is 35.0 Å². The second-order valence-corrected chi connectivity index (χ2v) is 7.72. The predicted octanol–water partition coefficient (Wildman–Crippen LogP) is 6.43. The van der Waals surface area contributed by atoms with Crippen LogP contribution < -0.4 is 5.32 Å². The van der Waals surface area contributed by atoms with E-state index >= 15 is 0 Å². The summed E-state index contributed by atoms with van der Waals surface area (Å²) in [6.07, 6.45) is 0. The number of pyridine rings is 1. The monoisotopic (exact) mass is 412 g/mol. The summed E-state index contributed by atoms with van der Waals surface area (Å²) in [6.45, 7) is 0. The third-order valence-corrected chi connectivity index (χ3v) is 5.85. The fourth-order valence-corrected chi connectivity index (χ4v) is 4.02. The molecule has 27 heavy (non-hydrogen) atoms. The summed E-state index contributed by atoms with van der Waals surface area (Å²) in [5, 5.41) is 7.83. The van der Waals surface area contributed by atoms with E-state index in [-0.39, 0.29) is 11.7 Å². The first-order valence-corrected chi connectivity index (χ1v) is 10.0. The highest BCUT2D eigenvalue weighted by atomic mass is 35.5. The van der Waals surface area contributed by atoms with Gasteiger partial charge < -0.3 is 5.32 Å². The lowest BCUT2D eigenvalue weighted by molar-refractivity contribution is -0.113. The minimum atomic E-state index is -0.127. The van der Waals surface area contributed by atoms with Gasteiger partial charge in [0, 0.05) is 16.5 Å². The molecule has 0 fully saturated rings. The largest absolute Gasteiger partial charge is 0.325 e. The Morgan fingerprint density at radius 1 is 0.889 bits per heavy atom. The Morgan fingerprint density at radius 2 is 1.59 bits per heavy atom. The molecule has 3 aromatic carbocycles. The van der Waals surface area contributed by atoms with E-state index in [2.05, 4.69) is 17.4 Å². The number of nitrogens with zero attached hydrogens (tertiary/aromatic N) is 1. The Morgan fingerprint density at radius 3 is 2.37 bits per heavy atom. The number of benzene rings is 3. The summed E-state index contributed by atoms with van der Waals surface area (Å²) >= 11 is 13.3. The molecule has 1 heterocycles. The molecular weight excluding hydrogens is 399 g/mol. The number of rotatable bonds is 4. The molecule has 0 radical (unpaired) electrons. The molecule has 1 N–H and O–H groups in total. The summed E-state index contributed by atoms with van der Waals surface area (Å²) < 4.78 is 0. The van der Waals surface area contributed by atoms with E-state index in [9.17, 15) is 4.79 Å². The maximum Gasteiger partial charge on any atom is 0.234 e. The van der Waals surface area contributed by atoms with E-state index < -0.39 is 0 Å². The summed E-state index contributed by atoms with van der Waals surface area (Å²) in [4.78, 5) is 17.1. The molecule has 4 aromatic rings. The zero-order chi connectivity index (χ0) is 18.8. The van der Waals surface area contributed by atoms with Crippen molar-refractivity contribution in [1.82, 2.24) is 4.98 Å². The molecule has 0 saturated carbocycles. The fourth-order valence-electron chi connectivity index (χ4n) is 2.89. The van der Waals surface area contributed by atoms with Gasteiger partial charge in [0.1, 0.15) is 5.03 Å². The van der Waals surface area contributed by atoms with Crippen molar-refractivity contribution in [2.24, 2.45) is 0 Å². The average molecular weight is 413 g/mol. The van der Waals surface area contributed by atoms with Crippen LogP contribution in [-0.2, 0) is 4.79 Å². The predicted molar refractivity (Wildman–Crippen MR) is 115 cm³/mol. The first kappa shape index (κ1) is 18.1. The maximum atomic E-state index is 12.3. The molecule has 134 valence electrons. The van der Waals surface area contributed by atoms with Gasteiger partial charge in [-0.25, -0.2) is 4.98 Å². The second kappa shape index (κ2) is 7.77. The van der Waals surface area contributed by atoms with Gasteiger partial charge in [0.25, 0.3) is 0 Å². The van der Waals surface area contributed by atoms with Gasteiger partial charge in [0.15, 0.2) is 0 Å². The van der Waals surface area contributed by atoms with Gasteiger partial charge in [0.05, 0.1) is 21.3 Å². The van der Waals surface area contributed by atoms with Gasteiger partial charge in [-0.15, -0.1) is 0 Å². The van der Waals surface area contributed by atoms with Crippen molar-refractivity contribution in [3.63, 3.8) is 0 Å². The second-order valence-electron chi connectivity index (χ2n) is 5.95. The van der Waals surface area contributed by atoms with Crippen LogP contribution in [-0.4, -0.2) is 16.6 Å². The smallest absolute Gasteiger partial charge is 0.234 e. The average Bonchev–Trinajstić information content (AvgIpc) is 2.69. The lowest BCUT2D eigenvalue weighted by Gasteiger charge is -2.10. The summed E-state index contributed by atoms with van der Waals surface area (Å²) in [5.74, 6) is 0.118. The number of anilines is 1. The minimum absolute atomic E-state index is 0.127. The molecule has 0 unspecified atom stereocenters. The van der Waals surface area contributed by atoms with Crippen molar-refractivity contribution in [3.05, 3.63) is 76.8 Å². The van der Waals surface area contributed by atoms with Crippen molar-refractivity contribution in [2.45, 2.75) is 5.03 Å². The highest BCUT2D eigenvalue weighted by Gasteiger charge is 2.11. The van der Waals surface area contributed by atoms with Gasteiger partial charge in [-0.1, -0.05) is 77.4 Å². The molecule has 0 saturated heterocycles. The highest BCUT2D eigenvalue weighted by molar-refractivity contribution is 8.00. The molecule has 6 heteroatoms. The van der Waals surface area contributed by atoms with Gasteiger partial charge >= 0.3 is 0 Å². The van der Waals surface area contributed by atoms with Crippen molar-refractivity contribution >= 4 is 68.2 Å². The van der Waals surface area contributed by atoms with E-state index in [1.807, 2.05) is 36.4 Å². The number of nitrogens with one attached hydrogen (secondary N) is 1. The lowest BCUT2D eigenvalue weighted by Crippen LogP contribution is -2.14. The third-order valence-electron chi connectivity index (χ3n) is 4.12. The van der Waals surface area contributed by atoms with Crippen molar-refractivity contribution in [3.8, 4) is 0 Å². The number of carbonyl (C=O) groups excluding carboxylic acids is 1. The molecule has 1 aromatic heterocycles. The number of thioether (sulfide) groups is 1. The molecule has 3 nitrogen and oxygen atoms in total. The quantitative estimate of drug-likeness (QED) is 0.310. The number of amides is 1. The van der Waals surface area contributed by atoms with Crippen LogP contribution in [0.5, 0.6) is 0 Å². The Kier molecular flexibility index (Phi) is 5.21. The standard InChI is InChI=1S/C21H14Cl2N2OS/c22-17-10-9-13(11-18(17)23)24-20(26)12-27-21-16-7-2-1-5-14(16)15-6-3-4-8-19(15)25-21/h1-11H,12H2,(H,24,26). The van der Waals surface area contributed by atoms with E-state index in [1.165, 1.54) is 11.8 Å². The van der Waals surface area contributed by atoms with Gasteiger partial charge in [-0.2, -0.15) is 0 Å². The number of fused-ring (bicyclic) bond motifs is 3. The molecule has 0 aliphatic heterocycles. The number of hydrogen-bond donors (Lipinski definition) is 1. The van der Waals surface area contributed by atoms with Gasteiger partial charge in [-0.3, -0.25) is 4.79 Å². The van der Waals surface area contributed by atoms with Gasteiger partial charge in [-0.05, 0) is 29.7 Å². The zero-order valence-corrected chi connectivity index (χ0v) is 16.4. The molecular formula is C21H14Cl2N2OS. The molecule has 0 spiro atoms. The van der Waals surface area contributed by atoms with Crippen LogP contribution in [0.25, 0.3) is 21.7 Å². The molecule has 0 atom stereocenters. The van der Waals surface area contributed by atoms with E-state index in [0.29, 0.717) is 15.7 Å². The van der Waals surface area contributed by atoms with Crippen molar-refractivity contribution < 1.29 is 4.79 Å². The fraction of sp³-hybridized carbons (Fsp3) is 0.0476. The Hall–Kier alpha value is -2.27. The Balaban J connectivity index is 1.57. The number of halogens is 2. The summed E-state index contributed by atoms with van der Waals surface area (Å²) in [5.41, 5.74) is 1.54. The third kappa shape index (κ3) is 3.88. The summed E-state index contributed by atoms with van der Waals surface area (Å²) in [7, 11) is 0. The Labute approximate surface area is 170 Å². The first-order valence-electron chi connectivity index (χ1n) is 8.27. The molecule has 0 bridgehead atoms. The van der Waals surface area contributed by atoms with Crippen molar-refractivity contribution in [1.29, 1.82) is 0 Å². The lowest BCUT2D eigenvalue weighted by atomic mass is 10.1. The molecule has 0 aliphatic carbocycles.